The highest BCUT2D eigenvalue weighted by Crippen LogP contribution is 2.43. The molecule has 3 aromatic carbocycles. The zero-order valence-electron chi connectivity index (χ0n) is 25.5. The summed E-state index contributed by atoms with van der Waals surface area (Å²) in [5, 5.41) is 14.4. The van der Waals surface area contributed by atoms with E-state index in [1.54, 1.807) is 63.2 Å². The number of benzene rings is 3. The van der Waals surface area contributed by atoms with E-state index in [4.69, 9.17) is 25.8 Å². The van der Waals surface area contributed by atoms with Crippen molar-refractivity contribution >= 4 is 52.5 Å². The van der Waals surface area contributed by atoms with Gasteiger partial charge in [0.25, 0.3) is 5.69 Å². The molecular weight excluding hydrogens is 618 g/mol. The first kappa shape index (κ1) is 33.4. The number of ether oxygens (including phenoxy) is 3. The van der Waals surface area contributed by atoms with Crippen LogP contribution in [0.25, 0.3) is 5.70 Å². The van der Waals surface area contributed by atoms with E-state index in [9.17, 15) is 29.3 Å². The largest absolute Gasteiger partial charge is 0.466 e. The number of methoxy groups -OCH3 is 2. The van der Waals surface area contributed by atoms with Crippen LogP contribution in [0.2, 0.25) is 5.02 Å². The van der Waals surface area contributed by atoms with Crippen molar-refractivity contribution in [2.75, 3.05) is 19.1 Å². The maximum Gasteiger partial charge on any atom is 0.343 e. The van der Waals surface area contributed by atoms with Crippen molar-refractivity contribution in [2.24, 2.45) is 0 Å². The minimum atomic E-state index is -1.44. The molecule has 238 valence electrons. The fourth-order valence-electron chi connectivity index (χ4n) is 4.73. The summed E-state index contributed by atoms with van der Waals surface area (Å²) >= 11 is 6.18. The number of rotatable bonds is 8. The topological polar surface area (TPSA) is 154 Å². The Morgan fingerprint density at radius 1 is 0.870 bits per heavy atom. The molecule has 1 amide bonds. The Labute approximate surface area is 269 Å². The molecule has 0 fully saturated rings. The molecular formula is C33H30ClN3O9. The summed E-state index contributed by atoms with van der Waals surface area (Å²) in [4.78, 5) is 65.9. The Bertz CT molecular complexity index is 1760. The highest BCUT2D eigenvalue weighted by Gasteiger charge is 2.44. The number of anilines is 1. The maximum absolute atomic E-state index is 14.1. The first-order chi connectivity index (χ1) is 21.7. The zero-order valence-corrected chi connectivity index (χ0v) is 26.3. The van der Waals surface area contributed by atoms with Crippen molar-refractivity contribution in [2.45, 2.75) is 32.4 Å². The zero-order chi connectivity index (χ0) is 33.8. The van der Waals surface area contributed by atoms with E-state index in [1.165, 1.54) is 36.3 Å². The first-order valence-electron chi connectivity index (χ1n) is 13.8. The number of amides is 1. The number of carbonyl (C=O) groups is 4. The Morgan fingerprint density at radius 3 is 2.04 bits per heavy atom. The van der Waals surface area contributed by atoms with Crippen LogP contribution in [0.5, 0.6) is 5.75 Å². The predicted octanol–water partition coefficient (Wildman–Crippen LogP) is 5.25. The molecule has 0 spiro atoms. The summed E-state index contributed by atoms with van der Waals surface area (Å²) in [6.07, 6.45) is 1.25. The molecule has 12 nitrogen and oxygen atoms in total. The third-order valence-electron chi connectivity index (χ3n) is 6.68. The Balaban J connectivity index is 2.00. The fourth-order valence-corrected chi connectivity index (χ4v) is 4.86. The highest BCUT2D eigenvalue weighted by molar-refractivity contribution is 6.30. The van der Waals surface area contributed by atoms with E-state index in [0.717, 1.165) is 19.2 Å². The number of hydrogen-bond acceptors (Lipinski definition) is 10. The number of non-ortho nitro benzene ring substituents is 1. The molecule has 1 aliphatic heterocycles. The van der Waals surface area contributed by atoms with Gasteiger partial charge in [0.05, 0.1) is 47.2 Å². The third-order valence-corrected chi connectivity index (χ3v) is 6.93. The lowest BCUT2D eigenvalue weighted by atomic mass is 9.90. The van der Waals surface area contributed by atoms with Crippen LogP contribution in [0.15, 0.2) is 90.0 Å². The second-order valence-corrected chi connectivity index (χ2v) is 11.5. The van der Waals surface area contributed by atoms with Crippen LogP contribution in [0.1, 0.15) is 36.7 Å². The molecule has 0 aliphatic carbocycles. The average Bonchev–Trinajstić information content (AvgIpc) is 3.03. The first-order valence-corrected chi connectivity index (χ1v) is 14.2. The summed E-state index contributed by atoms with van der Waals surface area (Å²) in [7, 11) is 2.31. The van der Waals surface area contributed by atoms with Gasteiger partial charge < -0.3 is 24.4 Å². The lowest BCUT2D eigenvalue weighted by Gasteiger charge is -2.40. The van der Waals surface area contributed by atoms with Gasteiger partial charge in [-0.25, -0.2) is 14.4 Å². The number of nitro groups is 1. The van der Waals surface area contributed by atoms with Crippen molar-refractivity contribution < 1.29 is 38.3 Å². The molecule has 0 saturated carbocycles. The van der Waals surface area contributed by atoms with E-state index in [0.29, 0.717) is 10.6 Å². The molecule has 13 heteroatoms. The van der Waals surface area contributed by atoms with Gasteiger partial charge >= 0.3 is 17.9 Å². The van der Waals surface area contributed by atoms with E-state index in [-0.39, 0.29) is 39.5 Å². The number of halogens is 1. The summed E-state index contributed by atoms with van der Waals surface area (Å²) in [6, 6.07) is 16.0. The molecule has 0 aromatic heterocycles. The summed E-state index contributed by atoms with van der Waals surface area (Å²) < 4.78 is 15.9. The lowest BCUT2D eigenvalue weighted by molar-refractivity contribution is -0.384. The molecule has 0 saturated heterocycles. The monoisotopic (exact) mass is 647 g/mol. The van der Waals surface area contributed by atoms with Crippen molar-refractivity contribution in [3.63, 3.8) is 0 Å². The van der Waals surface area contributed by atoms with Crippen molar-refractivity contribution in [1.29, 1.82) is 0 Å². The van der Waals surface area contributed by atoms with Gasteiger partial charge in [-0.2, -0.15) is 0 Å². The minimum Gasteiger partial charge on any atom is -0.466 e. The van der Waals surface area contributed by atoms with Crippen LogP contribution < -0.4 is 15.0 Å². The van der Waals surface area contributed by atoms with Gasteiger partial charge in [0.1, 0.15) is 6.04 Å². The molecule has 3 aromatic rings. The van der Waals surface area contributed by atoms with E-state index in [2.05, 4.69) is 5.32 Å². The summed E-state index contributed by atoms with van der Waals surface area (Å²) in [5.74, 6) is -3.26. The van der Waals surface area contributed by atoms with Gasteiger partial charge in [0.2, 0.25) is 5.91 Å². The van der Waals surface area contributed by atoms with E-state index >= 15 is 0 Å². The molecule has 0 radical (unpaired) electrons. The summed E-state index contributed by atoms with van der Waals surface area (Å²) in [6.45, 7) is 5.28. The smallest absolute Gasteiger partial charge is 0.343 e. The number of hydrogen-bond donors (Lipinski definition) is 1. The Kier molecular flexibility index (Phi) is 9.91. The number of para-hydroxylation sites is 2. The van der Waals surface area contributed by atoms with Crippen LogP contribution in [0, 0.1) is 10.1 Å². The van der Waals surface area contributed by atoms with E-state index in [1.807, 2.05) is 0 Å². The normalized spacial score (nSPS) is 14.6. The van der Waals surface area contributed by atoms with Gasteiger partial charge in [0, 0.05) is 22.7 Å². The van der Waals surface area contributed by atoms with Crippen LogP contribution >= 0.6 is 11.6 Å². The predicted molar refractivity (Wildman–Crippen MR) is 169 cm³/mol. The molecule has 1 aliphatic rings. The van der Waals surface area contributed by atoms with Crippen molar-refractivity contribution in [3.05, 3.63) is 116 Å². The van der Waals surface area contributed by atoms with Crippen LogP contribution in [0.3, 0.4) is 0 Å². The molecule has 46 heavy (non-hydrogen) atoms. The summed E-state index contributed by atoms with van der Waals surface area (Å²) in [5.41, 5.74) is -0.571. The van der Waals surface area contributed by atoms with Gasteiger partial charge in [0.15, 0.2) is 5.75 Å². The quantitative estimate of drug-likeness (QED) is 0.148. The second-order valence-electron chi connectivity index (χ2n) is 11.0. The highest BCUT2D eigenvalue weighted by atomic mass is 35.5. The Morgan fingerprint density at radius 2 is 1.48 bits per heavy atom. The number of nitrogens with zero attached hydrogens (tertiary/aromatic N) is 2. The van der Waals surface area contributed by atoms with Crippen LogP contribution in [-0.2, 0) is 23.9 Å². The van der Waals surface area contributed by atoms with Gasteiger partial charge in [-0.3, -0.25) is 14.9 Å². The fraction of sp³-hybridized carbons (Fsp3) is 0.212. The standard InChI is InChI=1S/C33H30ClN3O9/c1-33(2,3)35-29(38)28-24(32(41)45-5)18-23(31(40)44-4)27(19-10-14-21(34)15-11-19)36(28)25-8-6-7-9-26(25)46-30(39)20-12-16-22(17-13-20)37(42)43/h6-18,28H,1-5H3,(H,35,38)/t28-/m0/s1. The van der Waals surface area contributed by atoms with Gasteiger partial charge in [-0.05, 0) is 68.8 Å². The van der Waals surface area contributed by atoms with Crippen LogP contribution in [-0.4, -0.2) is 54.5 Å². The molecule has 4 rings (SSSR count). The molecule has 1 heterocycles. The average molecular weight is 648 g/mol. The SMILES string of the molecule is COC(=O)C1=CC(C(=O)OC)=C(c2ccc(Cl)cc2)N(c2ccccc2OC(=O)c2ccc([N+](=O)[O-])cc2)[C@@H]1C(=O)NC(C)(C)C. The van der Waals surface area contributed by atoms with Crippen molar-refractivity contribution in [3.8, 4) is 5.75 Å². The maximum atomic E-state index is 14.1. The van der Waals surface area contributed by atoms with Gasteiger partial charge in [-0.1, -0.05) is 35.9 Å². The molecule has 1 atom stereocenters. The molecule has 1 N–H and O–H groups in total. The van der Waals surface area contributed by atoms with Crippen LogP contribution in [0.4, 0.5) is 11.4 Å². The second kappa shape index (κ2) is 13.7. The molecule has 0 unspecified atom stereocenters. The van der Waals surface area contributed by atoms with Gasteiger partial charge in [-0.15, -0.1) is 0 Å². The number of esters is 3. The third kappa shape index (κ3) is 7.24. The number of carbonyl (C=O) groups excluding carboxylic acids is 4. The van der Waals surface area contributed by atoms with Crippen molar-refractivity contribution in [1.82, 2.24) is 5.32 Å². The number of nitrogens with one attached hydrogen (secondary N) is 1. The number of nitro benzene ring substituents is 1. The Hall–Kier alpha value is -5.49. The van der Waals surface area contributed by atoms with E-state index < -0.39 is 40.3 Å². The lowest BCUT2D eigenvalue weighted by Crippen LogP contribution is -2.55. The minimum absolute atomic E-state index is 0.0138. The molecule has 0 bridgehead atoms.